The molecule has 30 heavy (non-hydrogen) atoms. The van der Waals surface area contributed by atoms with E-state index < -0.39 is 11.7 Å². The highest BCUT2D eigenvalue weighted by molar-refractivity contribution is 5.80. The van der Waals surface area contributed by atoms with E-state index in [0.29, 0.717) is 6.54 Å². The second-order valence-electron chi connectivity index (χ2n) is 7.24. The van der Waals surface area contributed by atoms with Crippen LogP contribution in [0.3, 0.4) is 0 Å². The second-order valence-corrected chi connectivity index (χ2v) is 7.24. The number of carbonyl (C=O) groups is 1. The van der Waals surface area contributed by atoms with Gasteiger partial charge in [0.15, 0.2) is 0 Å². The van der Waals surface area contributed by atoms with Gasteiger partial charge in [-0.25, -0.2) is 0 Å². The Kier molecular flexibility index (Phi) is 7.20. The highest BCUT2D eigenvalue weighted by Gasteiger charge is 2.30. The molecule has 0 spiro atoms. The van der Waals surface area contributed by atoms with Crippen LogP contribution in [0.5, 0.6) is 5.75 Å². The zero-order valence-electron chi connectivity index (χ0n) is 16.8. The first kappa shape index (κ1) is 22.0. The molecule has 1 unspecified atom stereocenters. The molecule has 2 N–H and O–H groups in total. The average molecular weight is 421 g/mol. The van der Waals surface area contributed by atoms with E-state index in [1.54, 1.807) is 7.11 Å². The van der Waals surface area contributed by atoms with Gasteiger partial charge in [-0.15, -0.1) is 0 Å². The molecule has 1 fully saturated rings. The van der Waals surface area contributed by atoms with Crippen molar-refractivity contribution in [1.82, 2.24) is 10.2 Å². The fourth-order valence-electron chi connectivity index (χ4n) is 3.69. The van der Waals surface area contributed by atoms with Crippen LogP contribution in [0.25, 0.3) is 0 Å². The van der Waals surface area contributed by atoms with Crippen molar-refractivity contribution in [3.8, 4) is 5.75 Å². The molecule has 0 saturated carbocycles. The van der Waals surface area contributed by atoms with E-state index in [1.807, 2.05) is 24.3 Å². The van der Waals surface area contributed by atoms with Gasteiger partial charge in [0.25, 0.3) is 0 Å². The van der Waals surface area contributed by atoms with E-state index >= 15 is 0 Å². The molecule has 2 aromatic carbocycles. The van der Waals surface area contributed by atoms with Gasteiger partial charge in [-0.05, 0) is 50.2 Å². The van der Waals surface area contributed by atoms with Gasteiger partial charge in [-0.3, -0.25) is 9.69 Å². The number of alkyl halides is 3. The largest absolute Gasteiger partial charge is 0.496 e. The van der Waals surface area contributed by atoms with Gasteiger partial charge in [0.2, 0.25) is 5.91 Å². The Labute approximate surface area is 174 Å². The summed E-state index contributed by atoms with van der Waals surface area (Å²) < 4.78 is 44.0. The van der Waals surface area contributed by atoms with E-state index in [4.69, 9.17) is 4.74 Å². The van der Waals surface area contributed by atoms with Gasteiger partial charge >= 0.3 is 6.18 Å². The number of carbonyl (C=O) groups excluding carboxylic acids is 1. The smallest absolute Gasteiger partial charge is 0.416 e. The third-order valence-electron chi connectivity index (χ3n) is 5.21. The quantitative estimate of drug-likeness (QED) is 0.675. The molecule has 1 aliphatic rings. The van der Waals surface area contributed by atoms with Crippen LogP contribution in [-0.4, -0.2) is 44.1 Å². The van der Waals surface area contributed by atoms with Crippen molar-refractivity contribution >= 4 is 11.6 Å². The minimum absolute atomic E-state index is 0.0267. The van der Waals surface area contributed by atoms with Crippen molar-refractivity contribution in [2.24, 2.45) is 0 Å². The maximum absolute atomic E-state index is 12.8. The number of hydrogen-bond acceptors (Lipinski definition) is 4. The Hall–Kier alpha value is -2.74. The minimum Gasteiger partial charge on any atom is -0.496 e. The van der Waals surface area contributed by atoms with Crippen LogP contribution >= 0.6 is 0 Å². The van der Waals surface area contributed by atoms with Gasteiger partial charge in [0.1, 0.15) is 5.75 Å². The number of para-hydroxylation sites is 1. The number of nitrogens with one attached hydrogen (secondary N) is 2. The predicted octanol–water partition coefficient (Wildman–Crippen LogP) is 4.08. The third kappa shape index (κ3) is 5.66. The molecule has 162 valence electrons. The molecule has 2 aromatic rings. The fourth-order valence-corrected chi connectivity index (χ4v) is 3.69. The number of likely N-dealkylation sites (tertiary alicyclic amines) is 1. The first-order chi connectivity index (χ1) is 14.4. The molecule has 0 bridgehead atoms. The van der Waals surface area contributed by atoms with Crippen molar-refractivity contribution in [3.05, 3.63) is 59.7 Å². The molecular weight excluding hydrogens is 395 g/mol. The molecule has 1 heterocycles. The molecule has 1 amide bonds. The standard InChI is InChI=1S/C22H26F3N3O2/c1-30-20-10-3-2-9-18(20)19(28-11-4-5-12-28)14-27-21(29)15-26-17-8-6-7-16(13-17)22(23,24)25/h2-3,6-10,13,19,26H,4-5,11-12,14-15H2,1H3,(H,27,29). The molecule has 0 aliphatic carbocycles. The van der Waals surface area contributed by atoms with Crippen LogP contribution < -0.4 is 15.4 Å². The number of amides is 1. The van der Waals surface area contributed by atoms with Crippen LogP contribution in [0, 0.1) is 0 Å². The Morgan fingerprint density at radius 2 is 1.87 bits per heavy atom. The summed E-state index contributed by atoms with van der Waals surface area (Å²) in [5, 5.41) is 5.67. The van der Waals surface area contributed by atoms with E-state index in [1.165, 1.54) is 12.1 Å². The molecule has 1 saturated heterocycles. The van der Waals surface area contributed by atoms with E-state index in [0.717, 1.165) is 49.4 Å². The maximum Gasteiger partial charge on any atom is 0.416 e. The number of anilines is 1. The van der Waals surface area contributed by atoms with Gasteiger partial charge in [0, 0.05) is 17.8 Å². The SMILES string of the molecule is COc1ccccc1C(CNC(=O)CNc1cccc(C(F)(F)F)c1)N1CCCC1. The average Bonchev–Trinajstić information content (AvgIpc) is 3.27. The number of methoxy groups -OCH3 is 1. The van der Waals surface area contributed by atoms with Crippen molar-refractivity contribution in [2.75, 3.05) is 38.6 Å². The summed E-state index contributed by atoms with van der Waals surface area (Å²) in [7, 11) is 1.62. The Morgan fingerprint density at radius 1 is 1.13 bits per heavy atom. The predicted molar refractivity (Wildman–Crippen MR) is 109 cm³/mol. The van der Waals surface area contributed by atoms with Crippen LogP contribution in [0.4, 0.5) is 18.9 Å². The summed E-state index contributed by atoms with van der Waals surface area (Å²) in [5.74, 6) is 0.484. The lowest BCUT2D eigenvalue weighted by Crippen LogP contribution is -2.39. The number of ether oxygens (including phenoxy) is 1. The Bertz CT molecular complexity index is 852. The third-order valence-corrected chi connectivity index (χ3v) is 5.21. The minimum atomic E-state index is -4.42. The molecular formula is C22H26F3N3O2. The highest BCUT2D eigenvalue weighted by Crippen LogP contribution is 2.32. The molecule has 5 nitrogen and oxygen atoms in total. The lowest BCUT2D eigenvalue weighted by Gasteiger charge is -2.29. The summed E-state index contributed by atoms with van der Waals surface area (Å²) in [6.45, 7) is 2.17. The highest BCUT2D eigenvalue weighted by atomic mass is 19.4. The van der Waals surface area contributed by atoms with Crippen molar-refractivity contribution < 1.29 is 22.7 Å². The fraction of sp³-hybridized carbons (Fsp3) is 0.409. The number of halogens is 3. The number of rotatable bonds is 8. The van der Waals surface area contributed by atoms with Gasteiger partial charge in [-0.2, -0.15) is 13.2 Å². The zero-order chi connectivity index (χ0) is 21.6. The zero-order valence-corrected chi connectivity index (χ0v) is 16.8. The number of benzene rings is 2. The lowest BCUT2D eigenvalue weighted by molar-refractivity contribution is -0.137. The van der Waals surface area contributed by atoms with E-state index in [2.05, 4.69) is 15.5 Å². The summed E-state index contributed by atoms with van der Waals surface area (Å²) in [6, 6.07) is 12.5. The topological polar surface area (TPSA) is 53.6 Å². The molecule has 1 aliphatic heterocycles. The maximum atomic E-state index is 12.8. The van der Waals surface area contributed by atoms with Gasteiger partial charge in [0.05, 0.1) is 25.3 Å². The second kappa shape index (κ2) is 9.84. The van der Waals surface area contributed by atoms with Crippen LogP contribution in [0.2, 0.25) is 0 Å². The van der Waals surface area contributed by atoms with Crippen molar-refractivity contribution in [2.45, 2.75) is 25.1 Å². The van der Waals surface area contributed by atoms with E-state index in [-0.39, 0.29) is 24.2 Å². The van der Waals surface area contributed by atoms with Crippen LogP contribution in [0.1, 0.15) is 30.0 Å². The summed E-state index contributed by atoms with van der Waals surface area (Å²) in [4.78, 5) is 14.7. The number of nitrogens with zero attached hydrogens (tertiary/aromatic N) is 1. The summed E-state index contributed by atoms with van der Waals surface area (Å²) in [6.07, 6.45) is -2.20. The monoisotopic (exact) mass is 421 g/mol. The van der Waals surface area contributed by atoms with Crippen LogP contribution in [-0.2, 0) is 11.0 Å². The lowest BCUT2D eigenvalue weighted by atomic mass is 10.0. The number of hydrogen-bond donors (Lipinski definition) is 2. The van der Waals surface area contributed by atoms with Gasteiger partial charge < -0.3 is 15.4 Å². The molecule has 8 heteroatoms. The molecule has 0 radical (unpaired) electrons. The van der Waals surface area contributed by atoms with Crippen LogP contribution in [0.15, 0.2) is 48.5 Å². The molecule has 1 atom stereocenters. The Morgan fingerprint density at radius 3 is 2.57 bits per heavy atom. The first-order valence-electron chi connectivity index (χ1n) is 9.93. The summed E-state index contributed by atoms with van der Waals surface area (Å²) in [5.41, 5.74) is 0.506. The molecule has 0 aromatic heterocycles. The van der Waals surface area contributed by atoms with E-state index in [9.17, 15) is 18.0 Å². The first-order valence-corrected chi connectivity index (χ1v) is 9.93. The molecule has 3 rings (SSSR count). The normalized spacial score (nSPS) is 15.6. The van der Waals surface area contributed by atoms with Gasteiger partial charge in [-0.1, -0.05) is 24.3 Å². The van der Waals surface area contributed by atoms with Crippen molar-refractivity contribution in [3.63, 3.8) is 0 Å². The van der Waals surface area contributed by atoms with Crippen molar-refractivity contribution in [1.29, 1.82) is 0 Å². The Balaban J connectivity index is 1.61. The summed E-state index contributed by atoms with van der Waals surface area (Å²) >= 11 is 0.